The third-order valence-electron chi connectivity index (χ3n) is 3.62. The van der Waals surface area contributed by atoms with Crippen molar-refractivity contribution in [2.24, 2.45) is 0 Å². The Kier molecular flexibility index (Phi) is 5.63. The smallest absolute Gasteiger partial charge is 0.336 e. The van der Waals surface area contributed by atoms with Gasteiger partial charge in [0.2, 0.25) is 0 Å². The summed E-state index contributed by atoms with van der Waals surface area (Å²) in [5.41, 5.74) is 0.890. The van der Waals surface area contributed by atoms with Crippen LogP contribution >= 0.6 is 0 Å². The Morgan fingerprint density at radius 2 is 1.75 bits per heavy atom. The van der Waals surface area contributed by atoms with Crippen LogP contribution in [0.1, 0.15) is 12.2 Å². The zero-order chi connectivity index (χ0) is 16.8. The van der Waals surface area contributed by atoms with Crippen LogP contribution < -0.4 is 5.63 Å². The van der Waals surface area contributed by atoms with Gasteiger partial charge in [0.25, 0.3) is 0 Å². The lowest BCUT2D eigenvalue weighted by atomic mass is 10.1. The Hall–Kier alpha value is -2.15. The van der Waals surface area contributed by atoms with Gasteiger partial charge in [0.1, 0.15) is 23.7 Å². The van der Waals surface area contributed by atoms with Crippen LogP contribution in [-0.2, 0) is 20.6 Å². The molecule has 0 spiro atoms. The second-order valence-corrected chi connectivity index (χ2v) is 5.43. The van der Waals surface area contributed by atoms with E-state index in [-0.39, 0.29) is 12.4 Å². The van der Waals surface area contributed by atoms with Crippen molar-refractivity contribution in [1.29, 1.82) is 0 Å². The largest absolute Gasteiger partial charge is 0.461 e. The molecule has 3 aromatic rings. The van der Waals surface area contributed by atoms with E-state index in [1.54, 1.807) is 19.2 Å². The van der Waals surface area contributed by atoms with Crippen LogP contribution in [0.2, 0.25) is 0 Å². The van der Waals surface area contributed by atoms with Crippen LogP contribution in [0, 0.1) is 0 Å². The Labute approximate surface area is 138 Å². The monoisotopic (exact) mass is 332 g/mol. The lowest BCUT2D eigenvalue weighted by Crippen LogP contribution is -2.06. The molecule has 0 aliphatic rings. The van der Waals surface area contributed by atoms with Crippen molar-refractivity contribution in [2.45, 2.75) is 12.8 Å². The first-order valence-corrected chi connectivity index (χ1v) is 7.87. The number of hydrogen-bond donors (Lipinski definition) is 0. The number of ether oxygens (including phenoxy) is 3. The molecule has 128 valence electrons. The van der Waals surface area contributed by atoms with Crippen LogP contribution in [0.4, 0.5) is 0 Å². The molecule has 0 amide bonds. The van der Waals surface area contributed by atoms with E-state index >= 15 is 0 Å². The minimum Gasteiger partial charge on any atom is -0.461 e. The van der Waals surface area contributed by atoms with E-state index in [4.69, 9.17) is 23.0 Å². The average Bonchev–Trinajstić information content (AvgIpc) is 2.96. The van der Waals surface area contributed by atoms with Gasteiger partial charge in [-0.05, 0) is 24.6 Å². The molecule has 1 aromatic carbocycles. The van der Waals surface area contributed by atoms with Gasteiger partial charge in [-0.2, -0.15) is 0 Å². The lowest BCUT2D eigenvalue weighted by Gasteiger charge is -2.04. The van der Waals surface area contributed by atoms with E-state index in [2.05, 4.69) is 0 Å². The predicted octanol–water partition coefficient (Wildman–Crippen LogP) is 3.11. The van der Waals surface area contributed by atoms with E-state index in [1.165, 1.54) is 6.07 Å². The fraction of sp³-hybridized carbons (Fsp3) is 0.389. The summed E-state index contributed by atoms with van der Waals surface area (Å²) in [4.78, 5) is 11.3. The Morgan fingerprint density at radius 3 is 2.62 bits per heavy atom. The van der Waals surface area contributed by atoms with E-state index in [0.29, 0.717) is 25.4 Å². The predicted molar refractivity (Wildman–Crippen MR) is 89.2 cm³/mol. The van der Waals surface area contributed by atoms with E-state index in [9.17, 15) is 4.79 Å². The van der Waals surface area contributed by atoms with Crippen LogP contribution in [-0.4, -0.2) is 33.7 Å². The molecule has 0 radical (unpaired) electrons. The first kappa shape index (κ1) is 16.7. The second-order valence-electron chi connectivity index (χ2n) is 5.43. The first-order valence-electron chi connectivity index (χ1n) is 7.87. The van der Waals surface area contributed by atoms with Crippen LogP contribution in [0.25, 0.3) is 21.9 Å². The molecule has 2 aromatic heterocycles. The number of furan rings is 1. The third kappa shape index (κ3) is 4.23. The molecule has 2 heterocycles. The van der Waals surface area contributed by atoms with Crippen LogP contribution in [0.5, 0.6) is 0 Å². The molecule has 0 saturated carbocycles. The molecule has 0 atom stereocenters. The Balaban J connectivity index is 1.54. The van der Waals surface area contributed by atoms with Crippen molar-refractivity contribution in [1.82, 2.24) is 0 Å². The molecule has 0 aliphatic carbocycles. The molecule has 0 bridgehead atoms. The second kappa shape index (κ2) is 8.10. The number of methoxy groups -OCH3 is 1. The number of hydrogen-bond acceptors (Lipinski definition) is 6. The molecule has 0 unspecified atom stereocenters. The van der Waals surface area contributed by atoms with Gasteiger partial charge in [0.05, 0.1) is 13.2 Å². The van der Waals surface area contributed by atoms with Crippen molar-refractivity contribution in [3.8, 4) is 0 Å². The van der Waals surface area contributed by atoms with Gasteiger partial charge in [0.15, 0.2) is 0 Å². The molecular weight excluding hydrogens is 312 g/mol. The molecule has 24 heavy (non-hydrogen) atoms. The minimum absolute atomic E-state index is 0.272. The zero-order valence-electron chi connectivity index (χ0n) is 13.6. The fourth-order valence-corrected chi connectivity index (χ4v) is 2.45. The molecule has 0 aliphatic heterocycles. The van der Waals surface area contributed by atoms with Crippen LogP contribution in [0.15, 0.2) is 44.0 Å². The SMILES string of the molecule is COCCOCOCCCc1cc2cc3ccc(=O)oc3cc2o1. The van der Waals surface area contributed by atoms with Gasteiger partial charge < -0.3 is 23.0 Å². The minimum atomic E-state index is -0.363. The maximum absolute atomic E-state index is 11.3. The highest BCUT2D eigenvalue weighted by Gasteiger charge is 2.07. The van der Waals surface area contributed by atoms with Crippen molar-refractivity contribution in [3.05, 3.63) is 46.5 Å². The van der Waals surface area contributed by atoms with Gasteiger partial charge in [-0.3, -0.25) is 0 Å². The maximum Gasteiger partial charge on any atom is 0.336 e. The van der Waals surface area contributed by atoms with Crippen molar-refractivity contribution in [3.63, 3.8) is 0 Å². The number of benzene rings is 1. The summed E-state index contributed by atoms with van der Waals surface area (Å²) in [6.45, 7) is 1.97. The van der Waals surface area contributed by atoms with Gasteiger partial charge in [0, 0.05) is 43.0 Å². The standard InChI is InChI=1S/C18H20O6/c1-20-7-8-22-12-21-6-2-3-15-10-14-9-13-4-5-18(19)24-16(13)11-17(14)23-15/h4-5,9-11H,2-3,6-8,12H2,1H3. The first-order chi connectivity index (χ1) is 11.8. The van der Waals surface area contributed by atoms with Crippen molar-refractivity contribution >= 4 is 21.9 Å². The lowest BCUT2D eigenvalue weighted by molar-refractivity contribution is -0.0661. The summed E-state index contributed by atoms with van der Waals surface area (Å²) in [5.74, 6) is 0.881. The van der Waals surface area contributed by atoms with E-state index in [1.807, 2.05) is 12.1 Å². The molecule has 0 fully saturated rings. The van der Waals surface area contributed by atoms with Crippen molar-refractivity contribution in [2.75, 3.05) is 33.7 Å². The molecule has 6 heteroatoms. The van der Waals surface area contributed by atoms with Gasteiger partial charge in [-0.1, -0.05) is 0 Å². The van der Waals surface area contributed by atoms with Gasteiger partial charge in [-0.25, -0.2) is 4.79 Å². The highest BCUT2D eigenvalue weighted by molar-refractivity contribution is 5.93. The zero-order valence-corrected chi connectivity index (χ0v) is 13.6. The summed E-state index contributed by atoms with van der Waals surface area (Å²) < 4.78 is 26.5. The number of aryl methyl sites for hydroxylation is 1. The van der Waals surface area contributed by atoms with E-state index in [0.717, 1.165) is 35.0 Å². The summed E-state index contributed by atoms with van der Waals surface area (Å²) in [5, 5.41) is 1.88. The highest BCUT2D eigenvalue weighted by Crippen LogP contribution is 2.25. The summed E-state index contributed by atoms with van der Waals surface area (Å²) in [6, 6.07) is 8.90. The number of rotatable bonds is 9. The molecule has 3 rings (SSSR count). The maximum atomic E-state index is 11.3. The summed E-state index contributed by atoms with van der Waals surface area (Å²) in [6.07, 6.45) is 1.61. The third-order valence-corrected chi connectivity index (χ3v) is 3.62. The van der Waals surface area contributed by atoms with Gasteiger partial charge in [-0.15, -0.1) is 0 Å². The van der Waals surface area contributed by atoms with E-state index < -0.39 is 0 Å². The molecule has 6 nitrogen and oxygen atoms in total. The topological polar surface area (TPSA) is 71.0 Å². The number of fused-ring (bicyclic) bond motifs is 2. The molecular formula is C18H20O6. The molecule has 0 N–H and O–H groups in total. The highest BCUT2D eigenvalue weighted by atomic mass is 16.7. The quantitative estimate of drug-likeness (QED) is 0.341. The Morgan fingerprint density at radius 1 is 0.917 bits per heavy atom. The van der Waals surface area contributed by atoms with Gasteiger partial charge >= 0.3 is 5.63 Å². The fourth-order valence-electron chi connectivity index (χ4n) is 2.45. The normalized spacial score (nSPS) is 11.5. The average molecular weight is 332 g/mol. The summed E-state index contributed by atoms with van der Waals surface area (Å²) in [7, 11) is 1.63. The Bertz CT molecular complexity index is 847. The van der Waals surface area contributed by atoms with Crippen molar-refractivity contribution < 1.29 is 23.0 Å². The van der Waals surface area contributed by atoms with Crippen LogP contribution in [0.3, 0.4) is 0 Å². The summed E-state index contributed by atoms with van der Waals surface area (Å²) >= 11 is 0. The molecule has 0 saturated heterocycles.